The minimum atomic E-state index is -0.120. The van der Waals surface area contributed by atoms with E-state index in [4.69, 9.17) is 0 Å². The minimum Gasteiger partial charge on any atom is -0.352 e. The Morgan fingerprint density at radius 1 is 1.18 bits per heavy atom. The Morgan fingerprint density at radius 2 is 1.91 bits per heavy atom. The smallest absolute Gasteiger partial charge is 0.250 e. The van der Waals surface area contributed by atoms with E-state index in [9.17, 15) is 9.59 Å². The van der Waals surface area contributed by atoms with E-state index in [0.717, 1.165) is 25.7 Å². The van der Waals surface area contributed by atoms with E-state index in [2.05, 4.69) is 33.0 Å². The number of nitrogens with one attached hydrogen (secondary N) is 1. The van der Waals surface area contributed by atoms with Crippen LogP contribution in [-0.4, -0.2) is 18.2 Å². The molecule has 124 valence electrons. The zero-order valence-electron chi connectivity index (χ0n) is 14.6. The predicted octanol–water partition coefficient (Wildman–Crippen LogP) is 4.19. The Hall–Kier alpha value is -1.38. The van der Waals surface area contributed by atoms with Gasteiger partial charge in [-0.1, -0.05) is 59.5 Å². The Balaban J connectivity index is 2.48. The SMILES string of the molecule is CCCCCCC1C=C(C(=O)NCCC(C)(C)C)C=CC1=O. The molecule has 1 atom stereocenters. The Kier molecular flexibility index (Phi) is 7.57. The second-order valence-electron chi connectivity index (χ2n) is 7.38. The molecule has 0 aromatic carbocycles. The van der Waals surface area contributed by atoms with Crippen LogP contribution in [0.3, 0.4) is 0 Å². The normalized spacial score (nSPS) is 18.3. The third kappa shape index (κ3) is 7.06. The summed E-state index contributed by atoms with van der Waals surface area (Å²) in [5, 5.41) is 2.95. The van der Waals surface area contributed by atoms with E-state index >= 15 is 0 Å². The van der Waals surface area contributed by atoms with Crippen molar-refractivity contribution < 1.29 is 9.59 Å². The molecule has 0 fully saturated rings. The first-order valence-electron chi connectivity index (χ1n) is 8.55. The standard InChI is InChI=1S/C19H31NO2/c1-5-6-7-8-9-15-14-16(10-11-17(15)21)18(22)20-13-12-19(2,3)4/h10-11,14-15H,5-9,12-13H2,1-4H3,(H,20,22). The van der Waals surface area contributed by atoms with Gasteiger partial charge in [-0.25, -0.2) is 0 Å². The second kappa shape index (κ2) is 8.92. The summed E-state index contributed by atoms with van der Waals surface area (Å²) in [5.74, 6) is -0.0560. The lowest BCUT2D eigenvalue weighted by Gasteiger charge is -2.19. The number of amides is 1. The molecular weight excluding hydrogens is 274 g/mol. The highest BCUT2D eigenvalue weighted by Gasteiger charge is 2.20. The van der Waals surface area contributed by atoms with Crippen LogP contribution < -0.4 is 5.32 Å². The molecule has 0 radical (unpaired) electrons. The summed E-state index contributed by atoms with van der Waals surface area (Å²) in [5.41, 5.74) is 0.843. The second-order valence-corrected chi connectivity index (χ2v) is 7.38. The predicted molar refractivity (Wildman–Crippen MR) is 91.6 cm³/mol. The molecule has 0 bridgehead atoms. The first kappa shape index (κ1) is 18.7. The van der Waals surface area contributed by atoms with Gasteiger partial charge in [-0.3, -0.25) is 9.59 Å². The Labute approximate surface area is 135 Å². The number of ketones is 1. The third-order valence-electron chi connectivity index (χ3n) is 3.96. The van der Waals surface area contributed by atoms with Gasteiger partial charge in [0, 0.05) is 18.0 Å². The number of allylic oxidation sites excluding steroid dienone is 2. The van der Waals surface area contributed by atoms with Gasteiger partial charge in [0.1, 0.15) is 0 Å². The zero-order valence-corrected chi connectivity index (χ0v) is 14.6. The van der Waals surface area contributed by atoms with Crippen molar-refractivity contribution >= 4 is 11.7 Å². The van der Waals surface area contributed by atoms with Crippen molar-refractivity contribution in [3.05, 3.63) is 23.8 Å². The van der Waals surface area contributed by atoms with Gasteiger partial charge in [0.2, 0.25) is 0 Å². The van der Waals surface area contributed by atoms with Gasteiger partial charge in [0.15, 0.2) is 5.78 Å². The number of carbonyl (C=O) groups is 2. The summed E-state index contributed by atoms with van der Waals surface area (Å²) in [6.45, 7) is 9.31. The van der Waals surface area contributed by atoms with Crippen molar-refractivity contribution in [1.82, 2.24) is 5.32 Å². The van der Waals surface area contributed by atoms with E-state index in [1.54, 1.807) is 12.2 Å². The number of unbranched alkanes of at least 4 members (excludes halogenated alkanes) is 3. The van der Waals surface area contributed by atoms with Crippen molar-refractivity contribution in [3.8, 4) is 0 Å². The van der Waals surface area contributed by atoms with Crippen LogP contribution in [-0.2, 0) is 9.59 Å². The van der Waals surface area contributed by atoms with Crippen molar-refractivity contribution in [1.29, 1.82) is 0 Å². The van der Waals surface area contributed by atoms with Gasteiger partial charge >= 0.3 is 0 Å². The maximum atomic E-state index is 12.2. The van der Waals surface area contributed by atoms with Crippen LogP contribution in [0.25, 0.3) is 0 Å². The van der Waals surface area contributed by atoms with Gasteiger partial charge in [0.05, 0.1) is 0 Å². The van der Waals surface area contributed by atoms with E-state index in [-0.39, 0.29) is 23.0 Å². The number of hydrogen-bond donors (Lipinski definition) is 1. The average Bonchev–Trinajstić information content (AvgIpc) is 2.43. The van der Waals surface area contributed by atoms with Crippen LogP contribution >= 0.6 is 0 Å². The van der Waals surface area contributed by atoms with Gasteiger partial charge in [-0.15, -0.1) is 0 Å². The molecule has 22 heavy (non-hydrogen) atoms. The molecule has 0 aromatic rings. The monoisotopic (exact) mass is 305 g/mol. The minimum absolute atomic E-state index is 0.0634. The van der Waals surface area contributed by atoms with Gasteiger partial charge in [-0.05, 0) is 30.4 Å². The maximum absolute atomic E-state index is 12.2. The lowest BCUT2D eigenvalue weighted by Crippen LogP contribution is -2.29. The van der Waals surface area contributed by atoms with E-state index in [1.165, 1.54) is 12.8 Å². The van der Waals surface area contributed by atoms with E-state index in [0.29, 0.717) is 12.1 Å². The molecule has 3 nitrogen and oxygen atoms in total. The van der Waals surface area contributed by atoms with Gasteiger partial charge < -0.3 is 5.32 Å². The molecule has 1 aliphatic rings. The highest BCUT2D eigenvalue weighted by molar-refractivity contribution is 6.03. The quantitative estimate of drug-likeness (QED) is 0.683. The summed E-state index contributed by atoms with van der Waals surface area (Å²) in [4.78, 5) is 24.1. The fourth-order valence-electron chi connectivity index (χ4n) is 2.47. The number of hydrogen-bond acceptors (Lipinski definition) is 2. The fraction of sp³-hybridized carbons (Fsp3) is 0.684. The first-order valence-corrected chi connectivity index (χ1v) is 8.55. The largest absolute Gasteiger partial charge is 0.352 e. The lowest BCUT2D eigenvalue weighted by atomic mass is 9.89. The molecule has 0 saturated heterocycles. The van der Waals surface area contributed by atoms with E-state index in [1.807, 2.05) is 6.08 Å². The molecule has 0 saturated carbocycles. The molecule has 0 spiro atoms. The molecular formula is C19H31NO2. The van der Waals surface area contributed by atoms with Crippen molar-refractivity contribution in [2.24, 2.45) is 11.3 Å². The fourth-order valence-corrected chi connectivity index (χ4v) is 2.47. The molecule has 1 rings (SSSR count). The van der Waals surface area contributed by atoms with Crippen molar-refractivity contribution in [3.63, 3.8) is 0 Å². The molecule has 0 aromatic heterocycles. The number of carbonyl (C=O) groups excluding carboxylic acids is 2. The highest BCUT2D eigenvalue weighted by Crippen LogP contribution is 2.21. The van der Waals surface area contributed by atoms with E-state index < -0.39 is 0 Å². The maximum Gasteiger partial charge on any atom is 0.250 e. The van der Waals surface area contributed by atoms with Crippen LogP contribution in [0.15, 0.2) is 23.8 Å². The number of rotatable bonds is 8. The summed E-state index contributed by atoms with van der Waals surface area (Å²) in [7, 11) is 0. The summed E-state index contributed by atoms with van der Waals surface area (Å²) < 4.78 is 0. The lowest BCUT2D eigenvalue weighted by molar-refractivity contribution is -0.117. The van der Waals surface area contributed by atoms with Crippen LogP contribution in [0.4, 0.5) is 0 Å². The van der Waals surface area contributed by atoms with Crippen molar-refractivity contribution in [2.45, 2.75) is 66.2 Å². The van der Waals surface area contributed by atoms with Crippen molar-refractivity contribution in [2.75, 3.05) is 6.54 Å². The Morgan fingerprint density at radius 3 is 2.55 bits per heavy atom. The summed E-state index contributed by atoms with van der Waals surface area (Å²) in [6, 6.07) is 0. The molecule has 1 aliphatic carbocycles. The highest BCUT2D eigenvalue weighted by atomic mass is 16.1. The third-order valence-corrected chi connectivity index (χ3v) is 3.96. The van der Waals surface area contributed by atoms with Gasteiger partial charge in [0.25, 0.3) is 5.91 Å². The average molecular weight is 305 g/mol. The van der Waals surface area contributed by atoms with Crippen LogP contribution in [0.1, 0.15) is 66.2 Å². The molecule has 1 N–H and O–H groups in total. The zero-order chi connectivity index (χ0) is 16.6. The molecule has 1 amide bonds. The van der Waals surface area contributed by atoms with Crippen LogP contribution in [0, 0.1) is 11.3 Å². The summed E-state index contributed by atoms with van der Waals surface area (Å²) in [6.07, 6.45) is 11.5. The van der Waals surface area contributed by atoms with Crippen LogP contribution in [0.2, 0.25) is 0 Å². The summed E-state index contributed by atoms with van der Waals surface area (Å²) >= 11 is 0. The molecule has 1 unspecified atom stereocenters. The van der Waals surface area contributed by atoms with Gasteiger partial charge in [-0.2, -0.15) is 0 Å². The van der Waals surface area contributed by atoms with Crippen LogP contribution in [0.5, 0.6) is 0 Å². The Bertz CT molecular complexity index is 441. The first-order chi connectivity index (χ1) is 10.3. The molecule has 0 heterocycles. The molecule has 0 aliphatic heterocycles. The topological polar surface area (TPSA) is 46.2 Å². The molecule has 3 heteroatoms.